The molecular weight excluding hydrogens is 394 g/mol. The second-order valence-electron chi connectivity index (χ2n) is 6.51. The number of nitro groups is 1. The highest BCUT2D eigenvalue weighted by atomic mass is 16.6. The Morgan fingerprint density at radius 1 is 1.10 bits per heavy atom. The number of nitrogens with one attached hydrogen (secondary N) is 1. The summed E-state index contributed by atoms with van der Waals surface area (Å²) in [7, 11) is 0. The van der Waals surface area contributed by atoms with E-state index in [0.717, 1.165) is 11.6 Å². The van der Waals surface area contributed by atoms with Crippen LogP contribution in [-0.2, 0) is 14.3 Å². The highest BCUT2D eigenvalue weighted by molar-refractivity contribution is 6.24. The van der Waals surface area contributed by atoms with Crippen LogP contribution in [0, 0.1) is 10.1 Å². The maximum atomic E-state index is 12.4. The number of carbonyl (C=O) groups excluding carboxylic acids is 4. The highest BCUT2D eigenvalue weighted by Crippen LogP contribution is 2.30. The summed E-state index contributed by atoms with van der Waals surface area (Å²) in [6.07, 6.45) is 0. The minimum absolute atomic E-state index is 0.156. The smallest absolute Gasteiger partial charge is 0.326 e. The number of hydrogen-bond donors (Lipinski definition) is 1. The Balaban J connectivity index is 1.57. The molecule has 10 heteroatoms. The number of fused-ring (bicyclic) bond motifs is 1. The van der Waals surface area contributed by atoms with E-state index < -0.39 is 47.5 Å². The summed E-state index contributed by atoms with van der Waals surface area (Å²) in [5.41, 5.74) is -0.174. The topological polar surface area (TPSA) is 136 Å². The molecular formula is C20H17N3O7. The first-order valence-corrected chi connectivity index (χ1v) is 8.93. The van der Waals surface area contributed by atoms with E-state index in [9.17, 15) is 29.3 Å². The van der Waals surface area contributed by atoms with Crippen molar-refractivity contribution >= 4 is 29.4 Å². The van der Waals surface area contributed by atoms with Gasteiger partial charge < -0.3 is 10.1 Å². The molecule has 0 aliphatic carbocycles. The van der Waals surface area contributed by atoms with Gasteiger partial charge in [0.15, 0.2) is 6.61 Å². The average molecular weight is 411 g/mol. The third kappa shape index (κ3) is 4.17. The standard InChI is InChI=1S/C20H17N3O7/c1-12(13-6-3-2-4-7-13)21-16(24)11-30-17(25)10-22-19(26)14-8-5-9-15(23(28)29)18(14)20(22)27/h2-9,12H,10-11H2,1H3,(H,21,24)/t12-/m0/s1. The number of carbonyl (C=O) groups is 4. The van der Waals surface area contributed by atoms with Gasteiger partial charge in [-0.05, 0) is 18.6 Å². The van der Waals surface area contributed by atoms with Crippen molar-refractivity contribution in [2.45, 2.75) is 13.0 Å². The van der Waals surface area contributed by atoms with E-state index in [1.54, 1.807) is 6.92 Å². The van der Waals surface area contributed by atoms with Crippen LogP contribution in [0.2, 0.25) is 0 Å². The van der Waals surface area contributed by atoms with E-state index in [1.165, 1.54) is 12.1 Å². The molecule has 0 bridgehead atoms. The SMILES string of the molecule is C[C@H](NC(=O)COC(=O)CN1C(=O)c2cccc([N+](=O)[O-])c2C1=O)c1ccccc1. The Hall–Kier alpha value is -4.08. The Morgan fingerprint density at radius 2 is 1.80 bits per heavy atom. The molecule has 2 aromatic carbocycles. The fourth-order valence-corrected chi connectivity index (χ4v) is 3.04. The largest absolute Gasteiger partial charge is 0.454 e. The number of ether oxygens (including phenoxy) is 1. The van der Waals surface area contributed by atoms with Gasteiger partial charge in [-0.3, -0.25) is 34.2 Å². The van der Waals surface area contributed by atoms with Crippen molar-refractivity contribution in [2.24, 2.45) is 0 Å². The maximum absolute atomic E-state index is 12.4. The molecule has 3 amide bonds. The number of nitrogens with zero attached hydrogens (tertiary/aromatic N) is 2. The normalized spacial score (nSPS) is 13.6. The summed E-state index contributed by atoms with van der Waals surface area (Å²) in [6, 6.07) is 12.5. The molecule has 1 aliphatic heterocycles. The molecule has 1 N–H and O–H groups in total. The number of nitro benzene ring substituents is 1. The first-order chi connectivity index (χ1) is 14.3. The molecule has 0 radical (unpaired) electrons. The molecule has 1 aliphatic rings. The van der Waals surface area contributed by atoms with E-state index in [1.807, 2.05) is 30.3 Å². The van der Waals surface area contributed by atoms with Gasteiger partial charge in [0.1, 0.15) is 12.1 Å². The molecule has 3 rings (SSSR count). The van der Waals surface area contributed by atoms with Gasteiger partial charge in [0.05, 0.1) is 16.5 Å². The van der Waals surface area contributed by atoms with Crippen molar-refractivity contribution in [1.82, 2.24) is 10.2 Å². The third-order valence-corrected chi connectivity index (χ3v) is 4.50. The summed E-state index contributed by atoms with van der Waals surface area (Å²) in [5.74, 6) is -3.34. The van der Waals surface area contributed by atoms with Crippen LogP contribution >= 0.6 is 0 Å². The predicted octanol–water partition coefficient (Wildman–Crippen LogP) is 1.61. The first kappa shape index (κ1) is 20.6. The van der Waals surface area contributed by atoms with E-state index in [4.69, 9.17) is 4.74 Å². The molecule has 10 nitrogen and oxygen atoms in total. The van der Waals surface area contributed by atoms with Crippen molar-refractivity contribution in [3.05, 3.63) is 75.3 Å². The second-order valence-corrected chi connectivity index (χ2v) is 6.51. The van der Waals surface area contributed by atoms with Crippen LogP contribution in [0.3, 0.4) is 0 Å². The number of hydrogen-bond acceptors (Lipinski definition) is 7. The molecule has 1 atom stereocenters. The lowest BCUT2D eigenvalue weighted by Gasteiger charge is -2.15. The van der Waals surface area contributed by atoms with Gasteiger partial charge in [-0.1, -0.05) is 36.4 Å². The Labute approximate surface area is 170 Å². The van der Waals surface area contributed by atoms with Gasteiger partial charge in [-0.25, -0.2) is 0 Å². The van der Waals surface area contributed by atoms with Crippen molar-refractivity contribution in [3.8, 4) is 0 Å². The molecule has 0 spiro atoms. The molecule has 30 heavy (non-hydrogen) atoms. The van der Waals surface area contributed by atoms with Crippen molar-refractivity contribution in [1.29, 1.82) is 0 Å². The molecule has 0 aromatic heterocycles. The molecule has 1 heterocycles. The highest BCUT2D eigenvalue weighted by Gasteiger charge is 2.41. The fourth-order valence-electron chi connectivity index (χ4n) is 3.04. The van der Waals surface area contributed by atoms with Crippen LogP contribution in [-0.4, -0.2) is 46.7 Å². The van der Waals surface area contributed by atoms with Gasteiger partial charge in [0.2, 0.25) is 0 Å². The van der Waals surface area contributed by atoms with Crippen LogP contribution in [0.1, 0.15) is 39.2 Å². The number of amides is 3. The minimum Gasteiger partial charge on any atom is -0.454 e. The zero-order valence-corrected chi connectivity index (χ0v) is 15.9. The summed E-state index contributed by atoms with van der Waals surface area (Å²) >= 11 is 0. The Bertz CT molecular complexity index is 1040. The maximum Gasteiger partial charge on any atom is 0.326 e. The van der Waals surface area contributed by atoms with Crippen molar-refractivity contribution < 1.29 is 28.8 Å². The van der Waals surface area contributed by atoms with E-state index in [2.05, 4.69) is 5.32 Å². The summed E-state index contributed by atoms with van der Waals surface area (Å²) < 4.78 is 4.84. The first-order valence-electron chi connectivity index (χ1n) is 8.93. The number of esters is 1. The monoisotopic (exact) mass is 411 g/mol. The van der Waals surface area contributed by atoms with Crippen LogP contribution in [0.5, 0.6) is 0 Å². The summed E-state index contributed by atoms with van der Waals surface area (Å²) in [4.78, 5) is 59.7. The zero-order valence-electron chi connectivity index (χ0n) is 15.9. The third-order valence-electron chi connectivity index (χ3n) is 4.50. The molecule has 0 fully saturated rings. The van der Waals surface area contributed by atoms with Gasteiger partial charge in [0.25, 0.3) is 23.4 Å². The van der Waals surface area contributed by atoms with Gasteiger partial charge in [0, 0.05) is 6.07 Å². The number of benzene rings is 2. The van der Waals surface area contributed by atoms with Gasteiger partial charge in [-0.2, -0.15) is 0 Å². The lowest BCUT2D eigenvalue weighted by atomic mass is 10.1. The minimum atomic E-state index is -0.991. The van der Waals surface area contributed by atoms with Crippen LogP contribution in [0.15, 0.2) is 48.5 Å². The molecule has 0 saturated heterocycles. The van der Waals surface area contributed by atoms with E-state index >= 15 is 0 Å². The lowest BCUT2D eigenvalue weighted by molar-refractivity contribution is -0.385. The Kier molecular flexibility index (Phi) is 5.86. The Morgan fingerprint density at radius 3 is 2.47 bits per heavy atom. The molecule has 154 valence electrons. The van der Waals surface area contributed by atoms with Crippen LogP contribution in [0.4, 0.5) is 5.69 Å². The number of imide groups is 1. The van der Waals surface area contributed by atoms with Crippen LogP contribution in [0.25, 0.3) is 0 Å². The summed E-state index contributed by atoms with van der Waals surface area (Å²) in [6.45, 7) is 0.408. The molecule has 0 unspecified atom stereocenters. The lowest BCUT2D eigenvalue weighted by Crippen LogP contribution is -2.37. The van der Waals surface area contributed by atoms with E-state index in [-0.39, 0.29) is 17.2 Å². The van der Waals surface area contributed by atoms with Crippen LogP contribution < -0.4 is 5.32 Å². The second kappa shape index (κ2) is 8.52. The predicted molar refractivity (Wildman–Crippen MR) is 102 cm³/mol. The average Bonchev–Trinajstić information content (AvgIpc) is 2.97. The fraction of sp³-hybridized carbons (Fsp3) is 0.200. The van der Waals surface area contributed by atoms with Gasteiger partial charge in [-0.15, -0.1) is 0 Å². The quantitative estimate of drug-likeness (QED) is 0.316. The summed E-state index contributed by atoms with van der Waals surface area (Å²) in [5, 5.41) is 13.8. The van der Waals surface area contributed by atoms with E-state index in [0.29, 0.717) is 4.90 Å². The molecule has 0 saturated carbocycles. The zero-order chi connectivity index (χ0) is 21.8. The van der Waals surface area contributed by atoms with Gasteiger partial charge >= 0.3 is 5.97 Å². The number of rotatable bonds is 7. The van der Waals surface area contributed by atoms with Crippen molar-refractivity contribution in [3.63, 3.8) is 0 Å². The van der Waals surface area contributed by atoms with Crippen molar-refractivity contribution in [2.75, 3.05) is 13.2 Å². The molecule has 2 aromatic rings.